The Hall–Kier alpha value is -2.41. The first-order valence-electron chi connectivity index (χ1n) is 5.92. The molecule has 0 atom stereocenters. The minimum atomic E-state index is 0.816. The number of carbonyl (C=O) groups excluding carboxylic acids is 1. The van der Waals surface area contributed by atoms with E-state index in [1.54, 1.807) is 6.08 Å². The molecule has 3 aromatic carbocycles. The van der Waals surface area contributed by atoms with Crippen LogP contribution in [0, 0.1) is 0 Å². The molecule has 0 unspecified atom stereocenters. The highest BCUT2D eigenvalue weighted by atomic mass is 16.1. The van der Waals surface area contributed by atoms with E-state index in [2.05, 4.69) is 30.3 Å². The molecule has 0 N–H and O–H groups in total. The number of hydrogen-bond acceptors (Lipinski definition) is 1. The van der Waals surface area contributed by atoms with E-state index in [1.807, 2.05) is 30.3 Å². The Morgan fingerprint density at radius 1 is 0.778 bits per heavy atom. The molecule has 86 valence electrons. The highest BCUT2D eigenvalue weighted by Crippen LogP contribution is 2.29. The zero-order valence-corrected chi connectivity index (χ0v) is 9.84. The highest BCUT2D eigenvalue weighted by molar-refractivity contribution is 6.07. The van der Waals surface area contributed by atoms with E-state index < -0.39 is 0 Å². The number of aldehydes is 1. The first-order chi connectivity index (χ1) is 8.90. The molecular formula is C17H12O. The van der Waals surface area contributed by atoms with Gasteiger partial charge in [0.05, 0.1) is 0 Å². The first-order valence-corrected chi connectivity index (χ1v) is 5.92. The molecule has 0 bridgehead atoms. The molecule has 0 saturated heterocycles. The van der Waals surface area contributed by atoms with Crippen LogP contribution in [0.3, 0.4) is 0 Å². The lowest BCUT2D eigenvalue weighted by atomic mass is 9.96. The van der Waals surface area contributed by atoms with Gasteiger partial charge in [0.25, 0.3) is 0 Å². The van der Waals surface area contributed by atoms with Gasteiger partial charge in [-0.25, -0.2) is 0 Å². The van der Waals surface area contributed by atoms with Crippen LogP contribution in [0.1, 0.15) is 5.56 Å². The van der Waals surface area contributed by atoms with Gasteiger partial charge in [-0.1, -0.05) is 54.6 Å². The van der Waals surface area contributed by atoms with Gasteiger partial charge in [-0.05, 0) is 39.3 Å². The van der Waals surface area contributed by atoms with E-state index in [0.29, 0.717) is 0 Å². The molecule has 0 spiro atoms. The smallest absolute Gasteiger partial charge is 0.142 e. The molecule has 0 aliphatic rings. The zero-order valence-electron chi connectivity index (χ0n) is 9.84. The predicted molar refractivity (Wildman–Crippen MR) is 76.6 cm³/mol. The van der Waals surface area contributed by atoms with Crippen LogP contribution in [0.15, 0.2) is 60.7 Å². The average Bonchev–Trinajstić information content (AvgIpc) is 2.43. The summed E-state index contributed by atoms with van der Waals surface area (Å²) in [5.41, 5.74) is 1.11. The molecular weight excluding hydrogens is 220 g/mol. The molecule has 0 aliphatic heterocycles. The summed E-state index contributed by atoms with van der Waals surface area (Å²) in [6.07, 6.45) is 4.25. The third-order valence-electron chi connectivity index (χ3n) is 3.15. The summed E-state index contributed by atoms with van der Waals surface area (Å²) < 4.78 is 0. The van der Waals surface area contributed by atoms with Crippen LogP contribution in [0.5, 0.6) is 0 Å². The van der Waals surface area contributed by atoms with Crippen LogP contribution < -0.4 is 0 Å². The fraction of sp³-hybridized carbons (Fsp3) is 0. The Labute approximate surface area is 105 Å². The highest BCUT2D eigenvalue weighted by Gasteiger charge is 2.03. The Morgan fingerprint density at radius 3 is 1.89 bits per heavy atom. The van der Waals surface area contributed by atoms with Crippen molar-refractivity contribution in [3.63, 3.8) is 0 Å². The Morgan fingerprint density at radius 2 is 1.33 bits per heavy atom. The van der Waals surface area contributed by atoms with Gasteiger partial charge in [0.15, 0.2) is 0 Å². The lowest BCUT2D eigenvalue weighted by molar-refractivity contribution is -0.104. The summed E-state index contributed by atoms with van der Waals surface area (Å²) in [6.45, 7) is 0. The summed E-state index contributed by atoms with van der Waals surface area (Å²) in [7, 11) is 0. The quantitative estimate of drug-likeness (QED) is 0.367. The van der Waals surface area contributed by atoms with Crippen molar-refractivity contribution in [1.82, 2.24) is 0 Å². The van der Waals surface area contributed by atoms with Crippen molar-refractivity contribution >= 4 is 33.9 Å². The van der Waals surface area contributed by atoms with E-state index >= 15 is 0 Å². The summed E-state index contributed by atoms with van der Waals surface area (Å²) in [5.74, 6) is 0. The molecule has 0 aliphatic carbocycles. The Bertz CT molecular complexity index is 700. The van der Waals surface area contributed by atoms with E-state index in [4.69, 9.17) is 0 Å². The molecule has 0 radical (unpaired) electrons. The molecule has 3 aromatic rings. The average molecular weight is 232 g/mol. The molecule has 0 heterocycles. The molecule has 0 aromatic heterocycles. The second-order valence-electron chi connectivity index (χ2n) is 4.23. The van der Waals surface area contributed by atoms with E-state index in [9.17, 15) is 4.79 Å². The van der Waals surface area contributed by atoms with Crippen molar-refractivity contribution in [2.24, 2.45) is 0 Å². The van der Waals surface area contributed by atoms with Crippen molar-refractivity contribution in [2.45, 2.75) is 0 Å². The zero-order chi connectivity index (χ0) is 12.4. The largest absolute Gasteiger partial charge is 0.299 e. The van der Waals surface area contributed by atoms with Gasteiger partial charge in [0.2, 0.25) is 0 Å². The van der Waals surface area contributed by atoms with Crippen molar-refractivity contribution < 1.29 is 4.79 Å². The van der Waals surface area contributed by atoms with E-state index in [0.717, 1.165) is 11.8 Å². The summed E-state index contributed by atoms with van der Waals surface area (Å²) >= 11 is 0. The number of allylic oxidation sites excluding steroid dienone is 1. The molecule has 0 amide bonds. The Balaban J connectivity index is 2.49. The van der Waals surface area contributed by atoms with Gasteiger partial charge in [-0.2, -0.15) is 0 Å². The topological polar surface area (TPSA) is 17.1 Å². The third-order valence-corrected chi connectivity index (χ3v) is 3.15. The third kappa shape index (κ3) is 1.70. The normalized spacial score (nSPS) is 11.3. The van der Waals surface area contributed by atoms with Gasteiger partial charge >= 0.3 is 0 Å². The second kappa shape index (κ2) is 4.46. The molecule has 1 nitrogen and oxygen atoms in total. The van der Waals surface area contributed by atoms with Crippen LogP contribution in [-0.2, 0) is 4.79 Å². The predicted octanol–water partition coefficient (Wildman–Crippen LogP) is 4.21. The van der Waals surface area contributed by atoms with Crippen LogP contribution >= 0.6 is 0 Å². The minimum Gasteiger partial charge on any atom is -0.299 e. The molecule has 3 rings (SSSR count). The van der Waals surface area contributed by atoms with Crippen molar-refractivity contribution in [1.29, 1.82) is 0 Å². The number of rotatable bonds is 2. The second-order valence-corrected chi connectivity index (χ2v) is 4.23. The van der Waals surface area contributed by atoms with Crippen molar-refractivity contribution in [3.05, 3.63) is 66.2 Å². The SMILES string of the molecule is O=C/C=C\c1c2ccccc2cc2ccccc12. The molecule has 1 heteroatoms. The van der Waals surface area contributed by atoms with E-state index in [-0.39, 0.29) is 0 Å². The lowest BCUT2D eigenvalue weighted by Crippen LogP contribution is -1.83. The van der Waals surface area contributed by atoms with Gasteiger partial charge in [0, 0.05) is 0 Å². The number of carbonyl (C=O) groups is 1. The minimum absolute atomic E-state index is 0.816. The number of fused-ring (bicyclic) bond motifs is 2. The van der Waals surface area contributed by atoms with Gasteiger partial charge in [-0.15, -0.1) is 0 Å². The van der Waals surface area contributed by atoms with Gasteiger partial charge in [0.1, 0.15) is 6.29 Å². The Kier molecular flexibility index (Phi) is 2.66. The standard InChI is InChI=1S/C17H12O/c18-11-5-10-17-15-8-3-1-6-13(15)12-14-7-2-4-9-16(14)17/h1-12H/b10-5-. The van der Waals surface area contributed by atoms with Crippen molar-refractivity contribution in [2.75, 3.05) is 0 Å². The maximum atomic E-state index is 10.6. The van der Waals surface area contributed by atoms with Gasteiger partial charge in [-0.3, -0.25) is 4.79 Å². The molecule has 0 saturated carbocycles. The summed E-state index contributed by atoms with van der Waals surface area (Å²) in [6, 6.07) is 18.7. The summed E-state index contributed by atoms with van der Waals surface area (Å²) in [4.78, 5) is 10.6. The van der Waals surface area contributed by atoms with Crippen molar-refractivity contribution in [3.8, 4) is 0 Å². The number of hydrogen-bond donors (Lipinski definition) is 0. The van der Waals surface area contributed by atoms with E-state index in [1.165, 1.54) is 21.5 Å². The molecule has 18 heavy (non-hydrogen) atoms. The maximum absolute atomic E-state index is 10.6. The fourth-order valence-electron chi connectivity index (χ4n) is 2.36. The van der Waals surface area contributed by atoms with Crippen LogP contribution in [0.2, 0.25) is 0 Å². The summed E-state index contributed by atoms with van der Waals surface area (Å²) in [5, 5.41) is 4.74. The van der Waals surface area contributed by atoms with Crippen LogP contribution in [-0.4, -0.2) is 6.29 Å². The first kappa shape index (κ1) is 10.7. The maximum Gasteiger partial charge on any atom is 0.142 e. The van der Waals surface area contributed by atoms with Gasteiger partial charge < -0.3 is 0 Å². The molecule has 0 fully saturated rings. The van der Waals surface area contributed by atoms with Crippen LogP contribution in [0.25, 0.3) is 27.6 Å². The van der Waals surface area contributed by atoms with Crippen LogP contribution in [0.4, 0.5) is 0 Å². The lowest BCUT2D eigenvalue weighted by Gasteiger charge is -2.07. The fourth-order valence-corrected chi connectivity index (χ4v) is 2.36. The monoisotopic (exact) mass is 232 g/mol. The number of benzene rings is 3.